The van der Waals surface area contributed by atoms with Crippen molar-refractivity contribution in [1.82, 2.24) is 15.1 Å². The summed E-state index contributed by atoms with van der Waals surface area (Å²) in [5.41, 5.74) is 10.4. The Bertz CT molecular complexity index is 938. The van der Waals surface area contributed by atoms with Crippen molar-refractivity contribution >= 4 is 17.3 Å². The topological polar surface area (TPSA) is 129 Å². The number of aliphatic hydroxyl groups is 1. The summed E-state index contributed by atoms with van der Waals surface area (Å²) in [7, 11) is 1.84. The molecule has 2 aromatic rings. The van der Waals surface area contributed by atoms with E-state index in [1.54, 1.807) is 10.7 Å². The van der Waals surface area contributed by atoms with E-state index in [0.29, 0.717) is 11.3 Å². The van der Waals surface area contributed by atoms with E-state index in [1.807, 2.05) is 38.4 Å². The number of benzene rings is 1. The van der Waals surface area contributed by atoms with Crippen LogP contribution in [0.2, 0.25) is 0 Å². The lowest BCUT2D eigenvalue weighted by molar-refractivity contribution is -0.118. The molecule has 2 heterocycles. The zero-order valence-electron chi connectivity index (χ0n) is 14.6. The van der Waals surface area contributed by atoms with E-state index >= 15 is 0 Å². The molecule has 0 spiro atoms. The molecule has 26 heavy (non-hydrogen) atoms. The molecule has 0 aliphatic carbocycles. The first kappa shape index (κ1) is 17.5. The first-order chi connectivity index (χ1) is 12.4. The van der Waals surface area contributed by atoms with Gasteiger partial charge in [-0.25, -0.2) is 0 Å². The Morgan fingerprint density at radius 1 is 1.46 bits per heavy atom. The lowest BCUT2D eigenvalue weighted by Gasteiger charge is -2.28. The van der Waals surface area contributed by atoms with Gasteiger partial charge in [-0.15, -0.1) is 0 Å². The number of aliphatic hydroxyl groups excluding tert-OH is 1. The SMILES string of the molecule is Cc1nn(C)cc1-c1cccc2c1NC(O)C(C(=O)NCCC#N)=C2N. The van der Waals surface area contributed by atoms with Gasteiger partial charge in [0, 0.05) is 36.5 Å². The number of anilines is 1. The molecule has 1 aliphatic heterocycles. The second-order valence-corrected chi connectivity index (χ2v) is 6.07. The highest BCUT2D eigenvalue weighted by Crippen LogP contribution is 2.39. The van der Waals surface area contributed by atoms with Crippen molar-refractivity contribution in [3.63, 3.8) is 0 Å². The van der Waals surface area contributed by atoms with Gasteiger partial charge in [-0.1, -0.05) is 18.2 Å². The molecule has 134 valence electrons. The molecule has 1 aliphatic rings. The number of para-hydroxylation sites is 1. The van der Waals surface area contributed by atoms with Crippen LogP contribution in [0.25, 0.3) is 16.8 Å². The number of nitrogens with zero attached hydrogens (tertiary/aromatic N) is 3. The first-order valence-electron chi connectivity index (χ1n) is 8.17. The van der Waals surface area contributed by atoms with Gasteiger partial charge in [0.15, 0.2) is 6.23 Å². The molecule has 5 N–H and O–H groups in total. The molecule has 0 saturated carbocycles. The lowest BCUT2D eigenvalue weighted by atomic mass is 9.93. The molecular weight excluding hydrogens is 332 g/mol. The average molecular weight is 352 g/mol. The number of aromatic nitrogens is 2. The maximum atomic E-state index is 12.3. The van der Waals surface area contributed by atoms with Gasteiger partial charge in [0.2, 0.25) is 0 Å². The molecule has 0 radical (unpaired) electrons. The van der Waals surface area contributed by atoms with Crippen LogP contribution in [0.15, 0.2) is 30.0 Å². The van der Waals surface area contributed by atoms with Crippen molar-refractivity contribution in [3.8, 4) is 17.2 Å². The van der Waals surface area contributed by atoms with Crippen molar-refractivity contribution in [2.45, 2.75) is 19.6 Å². The van der Waals surface area contributed by atoms with Crippen LogP contribution < -0.4 is 16.4 Å². The molecule has 0 saturated heterocycles. The maximum Gasteiger partial charge on any atom is 0.253 e. The van der Waals surface area contributed by atoms with Crippen molar-refractivity contribution in [2.24, 2.45) is 12.8 Å². The Kier molecular flexibility index (Phi) is 4.65. The van der Waals surface area contributed by atoms with Gasteiger partial charge in [-0.05, 0) is 6.92 Å². The van der Waals surface area contributed by atoms with Crippen LogP contribution in [0.5, 0.6) is 0 Å². The fraction of sp³-hybridized carbons (Fsp3) is 0.278. The molecule has 8 heteroatoms. The molecular formula is C18H20N6O2. The van der Waals surface area contributed by atoms with Gasteiger partial charge in [-0.3, -0.25) is 9.48 Å². The number of amides is 1. The number of carbonyl (C=O) groups excluding carboxylic acids is 1. The predicted molar refractivity (Wildman–Crippen MR) is 97.4 cm³/mol. The Hall–Kier alpha value is -3.31. The highest BCUT2D eigenvalue weighted by molar-refractivity contribution is 6.06. The van der Waals surface area contributed by atoms with Crippen LogP contribution >= 0.6 is 0 Å². The lowest BCUT2D eigenvalue weighted by Crippen LogP contribution is -2.39. The van der Waals surface area contributed by atoms with Crippen LogP contribution in [0.1, 0.15) is 17.7 Å². The highest BCUT2D eigenvalue weighted by atomic mass is 16.3. The van der Waals surface area contributed by atoms with E-state index in [9.17, 15) is 9.90 Å². The van der Waals surface area contributed by atoms with Gasteiger partial charge < -0.3 is 21.5 Å². The van der Waals surface area contributed by atoms with Gasteiger partial charge in [0.1, 0.15) is 0 Å². The van der Waals surface area contributed by atoms with E-state index in [0.717, 1.165) is 16.8 Å². The summed E-state index contributed by atoms with van der Waals surface area (Å²) < 4.78 is 1.72. The van der Waals surface area contributed by atoms with Crippen LogP contribution in [0.3, 0.4) is 0 Å². The third-order valence-electron chi connectivity index (χ3n) is 4.27. The van der Waals surface area contributed by atoms with Crippen molar-refractivity contribution < 1.29 is 9.90 Å². The normalized spacial score (nSPS) is 15.8. The summed E-state index contributed by atoms with van der Waals surface area (Å²) >= 11 is 0. The number of nitriles is 1. The van der Waals surface area contributed by atoms with Gasteiger partial charge in [0.05, 0.1) is 35.1 Å². The summed E-state index contributed by atoms with van der Waals surface area (Å²) in [4.78, 5) is 12.3. The maximum absolute atomic E-state index is 12.3. The average Bonchev–Trinajstić information content (AvgIpc) is 2.93. The fourth-order valence-electron chi connectivity index (χ4n) is 3.10. The summed E-state index contributed by atoms with van der Waals surface area (Å²) in [5.74, 6) is -0.494. The van der Waals surface area contributed by atoms with Crippen molar-refractivity contribution in [2.75, 3.05) is 11.9 Å². The zero-order valence-corrected chi connectivity index (χ0v) is 14.6. The Morgan fingerprint density at radius 3 is 2.85 bits per heavy atom. The third kappa shape index (κ3) is 3.00. The van der Waals surface area contributed by atoms with Crippen LogP contribution in [-0.4, -0.2) is 33.6 Å². The minimum atomic E-state index is -1.25. The highest BCUT2D eigenvalue weighted by Gasteiger charge is 2.30. The van der Waals surface area contributed by atoms with Gasteiger partial charge in [0.25, 0.3) is 5.91 Å². The Balaban J connectivity index is 2.05. The molecule has 0 bridgehead atoms. The molecule has 3 rings (SSSR count). The van der Waals surface area contributed by atoms with E-state index in [1.165, 1.54) is 0 Å². The van der Waals surface area contributed by atoms with E-state index in [-0.39, 0.29) is 24.2 Å². The number of nitrogens with one attached hydrogen (secondary N) is 2. The minimum absolute atomic E-state index is 0.0514. The predicted octanol–water partition coefficient (Wildman–Crippen LogP) is 0.839. The van der Waals surface area contributed by atoms with Crippen LogP contribution in [0, 0.1) is 18.3 Å². The number of fused-ring (bicyclic) bond motifs is 1. The third-order valence-corrected chi connectivity index (χ3v) is 4.27. The first-order valence-corrected chi connectivity index (χ1v) is 8.17. The monoisotopic (exact) mass is 352 g/mol. The summed E-state index contributed by atoms with van der Waals surface area (Å²) in [6, 6.07) is 7.50. The van der Waals surface area contributed by atoms with E-state index in [4.69, 9.17) is 11.0 Å². The Morgan fingerprint density at radius 2 is 2.19 bits per heavy atom. The summed E-state index contributed by atoms with van der Waals surface area (Å²) in [6.45, 7) is 2.10. The number of hydrogen-bond acceptors (Lipinski definition) is 6. The smallest absolute Gasteiger partial charge is 0.253 e. The minimum Gasteiger partial charge on any atom is -0.398 e. The molecule has 8 nitrogen and oxygen atoms in total. The van der Waals surface area contributed by atoms with Gasteiger partial charge >= 0.3 is 0 Å². The number of aryl methyl sites for hydroxylation is 2. The molecule has 1 unspecified atom stereocenters. The van der Waals surface area contributed by atoms with Crippen molar-refractivity contribution in [1.29, 1.82) is 5.26 Å². The summed E-state index contributed by atoms with van der Waals surface area (Å²) in [5, 5.41) is 29.0. The number of nitrogens with two attached hydrogens (primary N) is 1. The zero-order chi connectivity index (χ0) is 18.8. The largest absolute Gasteiger partial charge is 0.398 e. The molecule has 1 atom stereocenters. The van der Waals surface area contributed by atoms with Crippen molar-refractivity contribution in [3.05, 3.63) is 41.2 Å². The summed E-state index contributed by atoms with van der Waals surface area (Å²) in [6.07, 6.45) is 0.828. The standard InChI is InChI=1S/C18H20N6O2/c1-10-13(9-24(2)23-10)11-5-3-6-12-15(20)14(18(26)22-16(11)12)17(25)21-8-4-7-19/h3,5-6,9,18,22,26H,4,8,20H2,1-2H3,(H,21,25). The Labute approximate surface area is 150 Å². The van der Waals surface area contributed by atoms with Crippen LogP contribution in [0.4, 0.5) is 5.69 Å². The number of hydrogen-bond donors (Lipinski definition) is 4. The molecule has 1 aromatic heterocycles. The number of carbonyl (C=O) groups is 1. The van der Waals surface area contributed by atoms with Crippen LogP contribution in [-0.2, 0) is 11.8 Å². The quantitative estimate of drug-likeness (QED) is 0.604. The molecule has 1 aromatic carbocycles. The van der Waals surface area contributed by atoms with Gasteiger partial charge in [-0.2, -0.15) is 10.4 Å². The van der Waals surface area contributed by atoms with E-state index in [2.05, 4.69) is 15.7 Å². The molecule has 1 amide bonds. The molecule has 0 fully saturated rings. The van der Waals surface area contributed by atoms with E-state index < -0.39 is 12.1 Å². The number of rotatable bonds is 4. The second-order valence-electron chi connectivity index (χ2n) is 6.07. The second kappa shape index (κ2) is 6.90. The fourth-order valence-corrected chi connectivity index (χ4v) is 3.10.